The van der Waals surface area contributed by atoms with E-state index >= 15 is 0 Å². The van der Waals surface area contributed by atoms with Crippen molar-refractivity contribution in [3.05, 3.63) is 0 Å². The average Bonchev–Trinajstić information content (AvgIpc) is 0. The molecule has 0 heterocycles. The second-order valence-electron chi connectivity index (χ2n) is 0. The minimum absolute atomic E-state index is 0. The molecule has 0 atom stereocenters. The van der Waals surface area contributed by atoms with Gasteiger partial charge in [0.25, 0.3) is 0 Å². The SMILES string of the molecule is [Cu+2].[In+3].[Se-2].[Zn+2]. The zero-order valence-corrected chi connectivity index (χ0v) is 10.9. The maximum atomic E-state index is 0. The van der Waals surface area contributed by atoms with E-state index in [0.29, 0.717) is 0 Å². The number of hydrogen-bond donors (Lipinski definition) is 0. The predicted octanol–water partition coefficient (Wildman–Crippen LogP) is -0.767. The topological polar surface area (TPSA) is 0 Å². The van der Waals surface area contributed by atoms with Crippen LogP contribution in [0.25, 0.3) is 0 Å². The van der Waals surface area contributed by atoms with Crippen molar-refractivity contribution in [3.63, 3.8) is 0 Å². The fourth-order valence-corrected chi connectivity index (χ4v) is 0. The third-order valence-corrected chi connectivity index (χ3v) is 0. The Morgan fingerprint density at radius 3 is 1.00 bits per heavy atom. The summed E-state index contributed by atoms with van der Waals surface area (Å²) < 4.78 is 0. The standard InChI is InChI=1S/Cu.In.Se.Zn/q+2;+3;-2;+2. The van der Waals surface area contributed by atoms with Gasteiger partial charge in [-0.25, -0.2) is 0 Å². The third kappa shape index (κ3) is 8.82. The van der Waals surface area contributed by atoms with E-state index in [9.17, 15) is 0 Å². The normalized spacial score (nSPS) is 0. The fraction of sp³-hybridized carbons (Fsp3) is 0. The molecule has 0 fully saturated rings. The van der Waals surface area contributed by atoms with Gasteiger partial charge in [-0.3, -0.25) is 0 Å². The van der Waals surface area contributed by atoms with Crippen molar-refractivity contribution in [2.45, 2.75) is 0 Å². The molecule has 4 heavy (non-hydrogen) atoms. The van der Waals surface area contributed by atoms with Crippen LogP contribution in [-0.4, -0.2) is 42.9 Å². The van der Waals surface area contributed by atoms with Gasteiger partial charge in [-0.15, -0.1) is 0 Å². The van der Waals surface area contributed by atoms with Gasteiger partial charge in [-0.05, 0) is 0 Å². The average molecular weight is 323 g/mol. The summed E-state index contributed by atoms with van der Waals surface area (Å²) in [6.07, 6.45) is 0. The van der Waals surface area contributed by atoms with Crippen molar-refractivity contribution >= 4 is 42.9 Å². The molecule has 0 nitrogen and oxygen atoms in total. The van der Waals surface area contributed by atoms with E-state index in [1.54, 1.807) is 0 Å². The van der Waals surface area contributed by atoms with Gasteiger partial charge < -0.3 is 17.1 Å². The van der Waals surface area contributed by atoms with Crippen LogP contribution in [0.15, 0.2) is 0 Å². The Bertz CT molecular complexity index is 8.00. The smallest absolute Gasteiger partial charge is 2.00 e. The van der Waals surface area contributed by atoms with Gasteiger partial charge >= 0.3 is 62.4 Å². The first kappa shape index (κ1) is 31.2. The van der Waals surface area contributed by atoms with Gasteiger partial charge in [-0.2, -0.15) is 0 Å². The molecule has 0 amide bonds. The van der Waals surface area contributed by atoms with E-state index in [4.69, 9.17) is 0 Å². The molecule has 0 aliphatic heterocycles. The molecule has 0 aromatic rings. The minimum atomic E-state index is 0. The van der Waals surface area contributed by atoms with Crippen LogP contribution in [0.5, 0.6) is 0 Å². The van der Waals surface area contributed by atoms with E-state index in [1.165, 1.54) is 0 Å². The van der Waals surface area contributed by atoms with Crippen LogP contribution in [-0.2, 0) is 36.5 Å². The maximum absolute atomic E-state index is 0. The van der Waals surface area contributed by atoms with Crippen LogP contribution in [0, 0.1) is 0 Å². The fourth-order valence-electron chi connectivity index (χ4n) is 0. The van der Waals surface area contributed by atoms with Crippen molar-refractivity contribution < 1.29 is 36.5 Å². The van der Waals surface area contributed by atoms with Crippen molar-refractivity contribution in [3.8, 4) is 0 Å². The molecule has 17 valence electrons. The largest absolute Gasteiger partial charge is 3.00 e. The van der Waals surface area contributed by atoms with E-state index < -0.39 is 0 Å². The Balaban J connectivity index is 0. The Hall–Kier alpha value is 2.53. The molecular formula is CuInSeZn+5. The van der Waals surface area contributed by atoms with Crippen LogP contribution in [0.2, 0.25) is 0 Å². The van der Waals surface area contributed by atoms with Gasteiger partial charge in [-0.1, -0.05) is 0 Å². The molecule has 0 bridgehead atoms. The predicted molar refractivity (Wildman–Crippen MR) is 11.5 cm³/mol. The zero-order valence-electron chi connectivity index (χ0n) is 1.99. The quantitative estimate of drug-likeness (QED) is 0.514. The molecule has 0 saturated heterocycles. The van der Waals surface area contributed by atoms with Crippen LogP contribution in [0.3, 0.4) is 0 Å². The molecule has 0 rings (SSSR count). The molecule has 1 radical (unpaired) electrons. The zero-order chi connectivity index (χ0) is 0. The molecule has 4 heteroatoms. The molecule has 0 aromatic heterocycles. The Labute approximate surface area is 78.4 Å². The first-order chi connectivity index (χ1) is 0. The summed E-state index contributed by atoms with van der Waals surface area (Å²) in [5, 5.41) is 0. The summed E-state index contributed by atoms with van der Waals surface area (Å²) in [4.78, 5) is 0. The molecule has 0 aliphatic rings. The molecule has 0 aromatic carbocycles. The number of hydrogen-bond acceptors (Lipinski definition) is 0. The van der Waals surface area contributed by atoms with Gasteiger partial charge in [0.15, 0.2) is 0 Å². The van der Waals surface area contributed by atoms with Gasteiger partial charge in [0.1, 0.15) is 0 Å². The second-order valence-corrected chi connectivity index (χ2v) is 0. The summed E-state index contributed by atoms with van der Waals surface area (Å²) in [5.41, 5.74) is 0. The first-order valence-electron chi connectivity index (χ1n) is 0. The van der Waals surface area contributed by atoms with Crippen molar-refractivity contribution in [1.29, 1.82) is 0 Å². The van der Waals surface area contributed by atoms with Gasteiger partial charge in [0, 0.05) is 0 Å². The van der Waals surface area contributed by atoms with Crippen molar-refractivity contribution in [2.24, 2.45) is 0 Å². The summed E-state index contributed by atoms with van der Waals surface area (Å²) >= 11 is 0. The van der Waals surface area contributed by atoms with Gasteiger partial charge in [0.05, 0.1) is 0 Å². The monoisotopic (exact) mass is 322 g/mol. The number of rotatable bonds is 0. The van der Waals surface area contributed by atoms with Gasteiger partial charge in [0.2, 0.25) is 0 Å². The molecule has 0 aliphatic carbocycles. The summed E-state index contributed by atoms with van der Waals surface area (Å²) in [7, 11) is 0. The van der Waals surface area contributed by atoms with E-state index in [0.717, 1.165) is 0 Å². The Morgan fingerprint density at radius 2 is 1.00 bits per heavy atom. The molecule has 0 unspecified atom stereocenters. The summed E-state index contributed by atoms with van der Waals surface area (Å²) in [6, 6.07) is 0. The van der Waals surface area contributed by atoms with Crippen LogP contribution in [0.1, 0.15) is 0 Å². The van der Waals surface area contributed by atoms with E-state index in [-0.39, 0.29) is 79.5 Å². The first-order valence-corrected chi connectivity index (χ1v) is 0. The van der Waals surface area contributed by atoms with E-state index in [2.05, 4.69) is 0 Å². The van der Waals surface area contributed by atoms with Crippen molar-refractivity contribution in [2.75, 3.05) is 0 Å². The minimum Gasteiger partial charge on any atom is -2.00 e. The Kier molecular flexibility index (Phi) is 138. The molecular weight excluding hydrogens is 323 g/mol. The second kappa shape index (κ2) is 17.7. The van der Waals surface area contributed by atoms with Crippen molar-refractivity contribution in [1.82, 2.24) is 0 Å². The van der Waals surface area contributed by atoms with E-state index in [1.807, 2.05) is 0 Å². The Morgan fingerprint density at radius 1 is 1.00 bits per heavy atom. The van der Waals surface area contributed by atoms with Crippen LogP contribution < -0.4 is 0 Å². The maximum Gasteiger partial charge on any atom is 3.00 e. The van der Waals surface area contributed by atoms with Crippen LogP contribution >= 0.6 is 0 Å². The molecule has 0 saturated carbocycles. The van der Waals surface area contributed by atoms with Crippen LogP contribution in [0.4, 0.5) is 0 Å². The summed E-state index contributed by atoms with van der Waals surface area (Å²) in [6.45, 7) is 0. The molecule has 0 spiro atoms. The molecule has 0 N–H and O–H groups in total. The third-order valence-electron chi connectivity index (χ3n) is 0. The summed E-state index contributed by atoms with van der Waals surface area (Å²) in [5.74, 6) is 0.